The molecule has 0 radical (unpaired) electrons. The molecule has 0 unspecified atom stereocenters. The van der Waals surface area contributed by atoms with Gasteiger partial charge in [-0.3, -0.25) is 10.1 Å². The number of nitrogens with one attached hydrogen (secondary N) is 1. The molecule has 5 heteroatoms. The highest BCUT2D eigenvalue weighted by Crippen LogP contribution is 2.27. The number of nitrogens with zero attached hydrogens (tertiary/aromatic N) is 1. The Morgan fingerprint density at radius 3 is 2.55 bits per heavy atom. The first-order chi connectivity index (χ1) is 9.31. The molecule has 1 rings (SSSR count). The molecule has 4 nitrogen and oxygen atoms in total. The van der Waals surface area contributed by atoms with Crippen LogP contribution in [0.5, 0.6) is 0 Å². The largest absolute Gasteiger partial charge is 0.311 e. The molecule has 0 aromatic heterocycles. The molecule has 0 fully saturated rings. The zero-order chi connectivity index (χ0) is 15.3. The molecule has 0 aliphatic rings. The van der Waals surface area contributed by atoms with Crippen LogP contribution in [0.3, 0.4) is 0 Å². The monoisotopic (exact) mass is 340 g/mol. The van der Waals surface area contributed by atoms with Gasteiger partial charge < -0.3 is 5.32 Å². The number of nitro groups is 1. The van der Waals surface area contributed by atoms with Gasteiger partial charge in [0.1, 0.15) is 0 Å². The Bertz CT molecular complexity index is 511. The molecule has 110 valence electrons. The Labute approximate surface area is 128 Å². The highest BCUT2D eigenvalue weighted by molar-refractivity contribution is 9.10. The van der Waals surface area contributed by atoms with E-state index in [0.717, 1.165) is 12.1 Å². The fourth-order valence-electron chi connectivity index (χ4n) is 1.72. The third-order valence-electron chi connectivity index (χ3n) is 2.97. The van der Waals surface area contributed by atoms with Crippen LogP contribution in [0.1, 0.15) is 33.3 Å². The number of rotatable bonds is 6. The van der Waals surface area contributed by atoms with Crippen molar-refractivity contribution in [3.63, 3.8) is 0 Å². The second-order valence-electron chi connectivity index (χ2n) is 5.38. The van der Waals surface area contributed by atoms with Gasteiger partial charge in [-0.15, -0.1) is 0 Å². The summed E-state index contributed by atoms with van der Waals surface area (Å²) in [6.07, 6.45) is 2.03. The second-order valence-corrected chi connectivity index (χ2v) is 6.23. The van der Waals surface area contributed by atoms with Crippen molar-refractivity contribution in [1.82, 2.24) is 5.32 Å². The maximum absolute atomic E-state index is 11.0. The molecule has 0 aliphatic carbocycles. The van der Waals surface area contributed by atoms with Crippen molar-refractivity contribution in [2.75, 3.05) is 6.54 Å². The summed E-state index contributed by atoms with van der Waals surface area (Å²) in [5.41, 5.74) is 2.18. The normalized spacial score (nSPS) is 12.2. The number of nitro benzene ring substituents is 1. The Morgan fingerprint density at radius 2 is 2.05 bits per heavy atom. The predicted molar refractivity (Wildman–Crippen MR) is 86.8 cm³/mol. The standard InChI is InChI=1S/C15H21BrN2O2/c1-10(2)13(9-17-11(3)4)7-12-5-6-14(16)15(8-12)18(19)20/h5-8,10-11,17H,9H2,1-4H3. The van der Waals surface area contributed by atoms with Gasteiger partial charge in [0, 0.05) is 18.7 Å². The van der Waals surface area contributed by atoms with Crippen LogP contribution < -0.4 is 5.32 Å². The van der Waals surface area contributed by atoms with Crippen molar-refractivity contribution < 1.29 is 4.92 Å². The Kier molecular flexibility index (Phi) is 6.36. The van der Waals surface area contributed by atoms with Crippen molar-refractivity contribution in [3.05, 3.63) is 43.9 Å². The van der Waals surface area contributed by atoms with E-state index in [-0.39, 0.29) is 10.6 Å². The molecular weight excluding hydrogens is 320 g/mol. The van der Waals surface area contributed by atoms with Gasteiger partial charge in [0.15, 0.2) is 0 Å². The fourth-order valence-corrected chi connectivity index (χ4v) is 2.11. The molecule has 0 atom stereocenters. The summed E-state index contributed by atoms with van der Waals surface area (Å²) in [6.45, 7) is 9.24. The third kappa shape index (κ3) is 5.06. The maximum Gasteiger partial charge on any atom is 0.284 e. The summed E-state index contributed by atoms with van der Waals surface area (Å²) in [7, 11) is 0. The zero-order valence-electron chi connectivity index (χ0n) is 12.3. The minimum atomic E-state index is -0.372. The molecule has 20 heavy (non-hydrogen) atoms. The van der Waals surface area contributed by atoms with E-state index in [1.54, 1.807) is 12.1 Å². The minimum Gasteiger partial charge on any atom is -0.311 e. The van der Waals surface area contributed by atoms with E-state index < -0.39 is 0 Å². The lowest BCUT2D eigenvalue weighted by atomic mass is 10.00. The molecular formula is C15H21BrN2O2. The summed E-state index contributed by atoms with van der Waals surface area (Å²) < 4.78 is 0.506. The smallest absolute Gasteiger partial charge is 0.284 e. The van der Waals surface area contributed by atoms with Gasteiger partial charge in [-0.1, -0.05) is 45.4 Å². The maximum atomic E-state index is 11.0. The highest BCUT2D eigenvalue weighted by atomic mass is 79.9. The SMILES string of the molecule is CC(C)NCC(=Cc1ccc(Br)c([N+](=O)[O-])c1)C(C)C. The van der Waals surface area contributed by atoms with Crippen molar-refractivity contribution in [1.29, 1.82) is 0 Å². The average Bonchev–Trinajstić information content (AvgIpc) is 2.35. The lowest BCUT2D eigenvalue weighted by Crippen LogP contribution is -2.26. The molecule has 0 heterocycles. The highest BCUT2D eigenvalue weighted by Gasteiger charge is 2.12. The second kappa shape index (κ2) is 7.55. The third-order valence-corrected chi connectivity index (χ3v) is 3.65. The summed E-state index contributed by atoms with van der Waals surface area (Å²) >= 11 is 3.20. The van der Waals surface area contributed by atoms with Crippen LogP contribution in [0.2, 0.25) is 0 Å². The average molecular weight is 341 g/mol. The molecule has 0 spiro atoms. The molecule has 1 N–H and O–H groups in total. The Morgan fingerprint density at radius 1 is 1.40 bits per heavy atom. The van der Waals surface area contributed by atoms with Gasteiger partial charge in [0.05, 0.1) is 9.40 Å². The van der Waals surface area contributed by atoms with Gasteiger partial charge in [-0.2, -0.15) is 0 Å². The molecule has 0 saturated carbocycles. The van der Waals surface area contributed by atoms with Crippen molar-refractivity contribution >= 4 is 27.7 Å². The van der Waals surface area contributed by atoms with E-state index in [1.165, 1.54) is 5.57 Å². The first-order valence-corrected chi connectivity index (χ1v) is 7.48. The summed E-state index contributed by atoms with van der Waals surface area (Å²) in [4.78, 5) is 10.6. The summed E-state index contributed by atoms with van der Waals surface area (Å²) in [6, 6.07) is 5.62. The number of hydrogen-bond donors (Lipinski definition) is 1. The molecule has 0 saturated heterocycles. The van der Waals surface area contributed by atoms with Crippen LogP contribution in [0, 0.1) is 16.0 Å². The van der Waals surface area contributed by atoms with E-state index >= 15 is 0 Å². The predicted octanol–water partition coefficient (Wildman–Crippen LogP) is 4.39. The zero-order valence-corrected chi connectivity index (χ0v) is 13.9. The molecule has 0 bridgehead atoms. The van der Waals surface area contributed by atoms with Crippen LogP contribution in [0.15, 0.2) is 28.2 Å². The van der Waals surface area contributed by atoms with E-state index in [9.17, 15) is 10.1 Å². The Balaban J connectivity index is 3.04. The molecule has 1 aromatic rings. The summed E-state index contributed by atoms with van der Waals surface area (Å²) in [5, 5.41) is 14.3. The van der Waals surface area contributed by atoms with Crippen LogP contribution >= 0.6 is 15.9 Å². The number of halogens is 1. The van der Waals surface area contributed by atoms with Crippen LogP contribution in [-0.4, -0.2) is 17.5 Å². The molecule has 0 amide bonds. The minimum absolute atomic E-state index is 0.0960. The summed E-state index contributed by atoms with van der Waals surface area (Å²) in [5.74, 6) is 0.393. The van der Waals surface area contributed by atoms with Gasteiger partial charge in [0.25, 0.3) is 5.69 Å². The van der Waals surface area contributed by atoms with E-state index in [1.807, 2.05) is 12.1 Å². The van der Waals surface area contributed by atoms with Crippen molar-refractivity contribution in [2.45, 2.75) is 33.7 Å². The number of hydrogen-bond acceptors (Lipinski definition) is 3. The first-order valence-electron chi connectivity index (χ1n) is 6.69. The van der Waals surface area contributed by atoms with Gasteiger partial charge in [0.2, 0.25) is 0 Å². The quantitative estimate of drug-likeness (QED) is 0.616. The fraction of sp³-hybridized carbons (Fsp3) is 0.467. The van der Waals surface area contributed by atoms with E-state index in [0.29, 0.717) is 16.4 Å². The Hall–Kier alpha value is -1.20. The van der Waals surface area contributed by atoms with E-state index in [2.05, 4.69) is 48.9 Å². The molecule has 0 aliphatic heterocycles. The van der Waals surface area contributed by atoms with Crippen molar-refractivity contribution in [3.8, 4) is 0 Å². The van der Waals surface area contributed by atoms with Gasteiger partial charge in [-0.05, 0) is 33.5 Å². The first kappa shape index (κ1) is 16.9. The lowest BCUT2D eigenvalue weighted by molar-refractivity contribution is -0.385. The van der Waals surface area contributed by atoms with Gasteiger partial charge in [-0.25, -0.2) is 0 Å². The van der Waals surface area contributed by atoms with E-state index in [4.69, 9.17) is 0 Å². The molecule has 1 aromatic carbocycles. The van der Waals surface area contributed by atoms with Crippen LogP contribution in [-0.2, 0) is 0 Å². The topological polar surface area (TPSA) is 55.2 Å². The van der Waals surface area contributed by atoms with Gasteiger partial charge >= 0.3 is 0 Å². The lowest BCUT2D eigenvalue weighted by Gasteiger charge is -2.15. The number of benzene rings is 1. The van der Waals surface area contributed by atoms with Crippen molar-refractivity contribution in [2.24, 2.45) is 5.92 Å². The van der Waals surface area contributed by atoms with Crippen LogP contribution in [0.4, 0.5) is 5.69 Å². The van der Waals surface area contributed by atoms with Crippen LogP contribution in [0.25, 0.3) is 6.08 Å².